The number of nitrogens with two attached hydrogens (primary N) is 1. The smallest absolute Gasteiger partial charge is 0.142 e. The quantitative estimate of drug-likeness (QED) is 0.0397. The van der Waals surface area contributed by atoms with Crippen LogP contribution in [0.1, 0.15) is 141 Å². The van der Waals surface area contributed by atoms with E-state index in [4.69, 9.17) is 27.3 Å². The monoisotopic (exact) mass is 974 g/mol. The molecular formula is C63H91N9. The number of aryl methyl sites for hydroxylation is 2. The molecular weight excluding hydrogens is 883 g/mol. The van der Waals surface area contributed by atoms with Gasteiger partial charge in [-0.05, 0) is 162 Å². The van der Waals surface area contributed by atoms with Crippen LogP contribution in [-0.2, 0) is 25.9 Å². The first-order chi connectivity index (χ1) is 34.4. The number of pyridine rings is 1. The van der Waals surface area contributed by atoms with Crippen LogP contribution in [-0.4, -0.2) is 86.6 Å². The minimum atomic E-state index is -0.0701. The maximum atomic E-state index is 5.91. The van der Waals surface area contributed by atoms with Crippen LogP contribution in [0, 0.1) is 18.3 Å². The van der Waals surface area contributed by atoms with Gasteiger partial charge >= 0.3 is 0 Å². The Kier molecular flexibility index (Phi) is 19.7. The molecule has 3 aromatic heterocycles. The van der Waals surface area contributed by atoms with Crippen molar-refractivity contribution >= 4 is 10.9 Å². The number of nitrogens with zero attached hydrogens (tertiary/aromatic N) is 7. The van der Waals surface area contributed by atoms with Crippen LogP contribution < -0.4 is 11.1 Å². The molecule has 72 heavy (non-hydrogen) atoms. The zero-order valence-corrected chi connectivity index (χ0v) is 46.5. The molecule has 3 atom stereocenters. The third-order valence-electron chi connectivity index (χ3n) is 15.3. The molecule has 0 saturated carbocycles. The molecule has 4 heterocycles. The molecule has 3 unspecified atom stereocenters. The molecule has 3 N–H and O–H groups in total. The normalized spacial score (nSPS) is 14.6. The number of likely N-dealkylation sites (tertiary alicyclic amines) is 1. The van der Waals surface area contributed by atoms with Crippen molar-refractivity contribution < 1.29 is 0 Å². The largest absolute Gasteiger partial charge is 0.379 e. The van der Waals surface area contributed by atoms with Crippen molar-refractivity contribution in [1.82, 2.24) is 39.5 Å². The summed E-state index contributed by atoms with van der Waals surface area (Å²) in [7, 11) is 4.23. The summed E-state index contributed by atoms with van der Waals surface area (Å²) in [5, 5.41) is 5.19. The molecule has 1 aliphatic heterocycles. The van der Waals surface area contributed by atoms with Gasteiger partial charge in [-0.3, -0.25) is 9.88 Å². The average Bonchev–Trinajstić information content (AvgIpc) is 3.66. The fourth-order valence-electron chi connectivity index (χ4n) is 10.9. The summed E-state index contributed by atoms with van der Waals surface area (Å²) >= 11 is 0. The van der Waals surface area contributed by atoms with Gasteiger partial charge in [0, 0.05) is 84.8 Å². The average molecular weight is 974 g/mol. The summed E-state index contributed by atoms with van der Waals surface area (Å²) < 4.78 is 2.56. The minimum absolute atomic E-state index is 0.00755. The van der Waals surface area contributed by atoms with Crippen molar-refractivity contribution in [2.75, 3.05) is 40.3 Å². The topological polar surface area (TPSA) is 91.4 Å². The summed E-state index contributed by atoms with van der Waals surface area (Å²) in [4.78, 5) is 22.1. The first-order valence-corrected chi connectivity index (χ1v) is 27.2. The molecule has 0 bridgehead atoms. The standard InChI is InChI=1S/C63H91N9/c1-16-46(9)60-55(37-52(39-67-60)53-40-65-59(66-41-53)42-71-30-21-19-22-31-71)62-56(38-63(12,13)27-26-43(4)5)54-36-50(24-25-58(54)72(62)18-3)51-33-45(8)32-49(34-51)35-57(48(11)70(15)29-23-20-28-64)68-47(10)61(44(6)7)69(14)17-2/h17,24-25,32-34,36-37,39-41,44,46,57,61,68H,2,4,10-11,16,18-23,26-31,35,38,42,64H2,1,3,5-9,12-15H3. The Morgan fingerprint density at radius 2 is 1.60 bits per heavy atom. The van der Waals surface area contributed by atoms with Crippen molar-refractivity contribution in [2.45, 2.75) is 158 Å². The summed E-state index contributed by atoms with van der Waals surface area (Å²) in [6, 6.07) is 16.6. The zero-order chi connectivity index (χ0) is 52.3. The second-order valence-corrected chi connectivity index (χ2v) is 22.4. The van der Waals surface area contributed by atoms with Crippen LogP contribution in [0.25, 0.3) is 44.4 Å². The highest BCUT2D eigenvalue weighted by molar-refractivity contribution is 5.96. The van der Waals surface area contributed by atoms with Crippen molar-refractivity contribution in [2.24, 2.45) is 17.1 Å². The number of fused-ring (bicyclic) bond motifs is 1. The van der Waals surface area contributed by atoms with Gasteiger partial charge in [-0.15, -0.1) is 6.58 Å². The first-order valence-electron chi connectivity index (χ1n) is 27.2. The third-order valence-corrected chi connectivity index (χ3v) is 15.3. The summed E-state index contributed by atoms with van der Waals surface area (Å²) in [5.74, 6) is 1.48. The Bertz CT molecular complexity index is 2630. The SMILES string of the molecule is C=CN(C)C(C(=C)NC(Cc1cc(C)cc(-c2ccc3c(c2)c(CC(C)(C)CCC(=C)C)c(-c2cc(-c4cnc(CN5CCCCC5)nc4)cnc2C(C)CC)n3CC)c1)C(=C)N(C)CCCCN)C(C)C. The lowest BCUT2D eigenvalue weighted by Gasteiger charge is -2.36. The summed E-state index contributed by atoms with van der Waals surface area (Å²) in [6.07, 6.45) is 18.5. The van der Waals surface area contributed by atoms with E-state index in [1.54, 1.807) is 0 Å². The highest BCUT2D eigenvalue weighted by atomic mass is 15.2. The number of aromatic nitrogens is 4. The highest BCUT2D eigenvalue weighted by Crippen LogP contribution is 2.44. The van der Waals surface area contributed by atoms with Crippen LogP contribution in [0.3, 0.4) is 0 Å². The van der Waals surface area contributed by atoms with Crippen LogP contribution in [0.5, 0.6) is 0 Å². The molecule has 0 spiro atoms. The second-order valence-electron chi connectivity index (χ2n) is 22.4. The maximum absolute atomic E-state index is 5.91. The molecule has 0 aliphatic carbocycles. The zero-order valence-electron chi connectivity index (χ0n) is 46.5. The molecule has 9 heteroatoms. The van der Waals surface area contributed by atoms with Gasteiger partial charge in [0.2, 0.25) is 0 Å². The number of rotatable bonds is 27. The van der Waals surface area contributed by atoms with Crippen molar-refractivity contribution in [1.29, 1.82) is 0 Å². The van der Waals surface area contributed by atoms with E-state index >= 15 is 0 Å². The first kappa shape index (κ1) is 55.8. The number of unbranched alkanes of at least 4 members (excludes halogenated alkanes) is 1. The van der Waals surface area contributed by atoms with Gasteiger partial charge in [0.1, 0.15) is 5.82 Å². The number of benzene rings is 2. The van der Waals surface area contributed by atoms with Crippen LogP contribution >= 0.6 is 0 Å². The van der Waals surface area contributed by atoms with Crippen molar-refractivity contribution in [3.8, 4) is 33.5 Å². The Balaban J connectivity index is 1.47. The lowest BCUT2D eigenvalue weighted by Crippen LogP contribution is -2.45. The van der Waals surface area contributed by atoms with Crippen molar-refractivity contribution in [3.63, 3.8) is 0 Å². The van der Waals surface area contributed by atoms with E-state index in [1.807, 2.05) is 24.8 Å². The van der Waals surface area contributed by atoms with Gasteiger partial charge in [-0.2, -0.15) is 0 Å². The van der Waals surface area contributed by atoms with E-state index in [9.17, 15) is 0 Å². The molecule has 5 aromatic rings. The number of nitrogens with one attached hydrogen (secondary N) is 1. The minimum Gasteiger partial charge on any atom is -0.379 e. The summed E-state index contributed by atoms with van der Waals surface area (Å²) in [6.45, 7) is 43.7. The molecule has 9 nitrogen and oxygen atoms in total. The Labute approximate surface area is 435 Å². The number of allylic oxidation sites excluding steroid dienone is 1. The Morgan fingerprint density at radius 3 is 2.24 bits per heavy atom. The van der Waals surface area contributed by atoms with Crippen LogP contribution in [0.15, 0.2) is 111 Å². The van der Waals surface area contributed by atoms with Gasteiger partial charge in [-0.1, -0.05) is 103 Å². The van der Waals surface area contributed by atoms with Gasteiger partial charge in [0.25, 0.3) is 0 Å². The van der Waals surface area contributed by atoms with E-state index < -0.39 is 0 Å². The van der Waals surface area contributed by atoms with E-state index in [1.165, 1.54) is 74.8 Å². The van der Waals surface area contributed by atoms with E-state index in [0.717, 1.165) is 112 Å². The van der Waals surface area contributed by atoms with Gasteiger partial charge < -0.3 is 25.4 Å². The predicted molar refractivity (Wildman–Crippen MR) is 308 cm³/mol. The molecule has 2 aromatic carbocycles. The fraction of sp³-hybridized carbons (Fsp3) is 0.508. The van der Waals surface area contributed by atoms with E-state index in [0.29, 0.717) is 12.5 Å². The third kappa shape index (κ3) is 14.0. The van der Waals surface area contributed by atoms with Crippen molar-refractivity contribution in [3.05, 3.63) is 139 Å². The molecule has 0 amide bonds. The Hall–Kier alpha value is -5.51. The summed E-state index contributed by atoms with van der Waals surface area (Å²) in [5.41, 5.74) is 22.3. The number of piperidine rings is 1. The van der Waals surface area contributed by atoms with Gasteiger partial charge in [-0.25, -0.2) is 9.97 Å². The number of likely N-dealkylation sites (N-methyl/N-ethyl adjacent to an activating group) is 2. The predicted octanol–water partition coefficient (Wildman–Crippen LogP) is 13.9. The number of hydrogen-bond acceptors (Lipinski definition) is 8. The lowest BCUT2D eigenvalue weighted by atomic mass is 9.79. The highest BCUT2D eigenvalue weighted by Gasteiger charge is 2.29. The molecule has 1 saturated heterocycles. The molecule has 6 rings (SSSR count). The van der Waals surface area contributed by atoms with Crippen LogP contribution in [0.4, 0.5) is 0 Å². The molecule has 0 radical (unpaired) electrons. The number of hydrogen-bond donors (Lipinski definition) is 2. The molecule has 388 valence electrons. The Morgan fingerprint density at radius 1 is 0.889 bits per heavy atom. The van der Waals surface area contributed by atoms with Gasteiger partial charge in [0.15, 0.2) is 0 Å². The fourth-order valence-corrected chi connectivity index (χ4v) is 10.9. The van der Waals surface area contributed by atoms with Crippen LogP contribution in [0.2, 0.25) is 0 Å². The van der Waals surface area contributed by atoms with Gasteiger partial charge in [0.05, 0.1) is 30.0 Å². The van der Waals surface area contributed by atoms with E-state index in [-0.39, 0.29) is 23.4 Å². The molecule has 1 aliphatic rings. The van der Waals surface area contributed by atoms with E-state index in [2.05, 4.69) is 163 Å². The lowest BCUT2D eigenvalue weighted by molar-refractivity contribution is 0.216. The second kappa shape index (κ2) is 25.4. The molecule has 1 fully saturated rings. The maximum Gasteiger partial charge on any atom is 0.142 e.